The number of fused-ring (bicyclic) bond motifs is 1. The lowest BCUT2D eigenvalue weighted by atomic mass is 9.97. The summed E-state index contributed by atoms with van der Waals surface area (Å²) in [7, 11) is 0. The molecule has 4 aromatic rings. The molecule has 0 spiro atoms. The topological polar surface area (TPSA) is 33.1 Å². The van der Waals surface area contributed by atoms with E-state index in [0.717, 1.165) is 27.6 Å². The van der Waals surface area contributed by atoms with Gasteiger partial charge in [-0.15, -0.1) is 12.4 Å². The first-order valence-electron chi connectivity index (χ1n) is 7.57. The van der Waals surface area contributed by atoms with Gasteiger partial charge in [-0.3, -0.25) is 0 Å². The molecule has 0 atom stereocenters. The van der Waals surface area contributed by atoms with Gasteiger partial charge in [-0.05, 0) is 11.6 Å². The lowest BCUT2D eigenvalue weighted by molar-refractivity contribution is 0.478. The molecule has 0 saturated heterocycles. The number of para-hydroxylation sites is 1. The molecule has 2 nitrogen and oxygen atoms in total. The first-order valence-corrected chi connectivity index (χ1v) is 7.57. The largest absolute Gasteiger partial charge is 0.505 e. The van der Waals surface area contributed by atoms with Gasteiger partial charge in [0, 0.05) is 16.5 Å². The van der Waals surface area contributed by atoms with Crippen LogP contribution in [0.15, 0.2) is 84.9 Å². The number of rotatable bonds is 2. The van der Waals surface area contributed by atoms with Crippen molar-refractivity contribution in [2.24, 2.45) is 0 Å². The molecule has 1 aromatic heterocycles. The smallest absolute Gasteiger partial charge is 0.150 e. The van der Waals surface area contributed by atoms with Gasteiger partial charge in [-0.25, -0.2) is 4.98 Å². The third-order valence-corrected chi connectivity index (χ3v) is 3.98. The molecule has 0 amide bonds. The summed E-state index contributed by atoms with van der Waals surface area (Å²) < 4.78 is 0. The predicted molar refractivity (Wildman–Crippen MR) is 102 cm³/mol. The van der Waals surface area contributed by atoms with Crippen LogP contribution in [-0.4, -0.2) is 10.1 Å². The van der Waals surface area contributed by atoms with E-state index in [4.69, 9.17) is 0 Å². The van der Waals surface area contributed by atoms with Gasteiger partial charge < -0.3 is 5.11 Å². The fourth-order valence-electron chi connectivity index (χ4n) is 2.90. The Labute approximate surface area is 146 Å². The van der Waals surface area contributed by atoms with Crippen LogP contribution in [0.5, 0.6) is 5.75 Å². The molecule has 3 heteroatoms. The van der Waals surface area contributed by atoms with Crippen LogP contribution < -0.4 is 0 Å². The first kappa shape index (κ1) is 16.0. The Morgan fingerprint density at radius 3 is 1.83 bits per heavy atom. The number of hydrogen-bond acceptors (Lipinski definition) is 2. The van der Waals surface area contributed by atoms with Gasteiger partial charge in [0.15, 0.2) is 0 Å². The quantitative estimate of drug-likeness (QED) is 0.510. The van der Waals surface area contributed by atoms with E-state index >= 15 is 0 Å². The van der Waals surface area contributed by atoms with Crippen molar-refractivity contribution in [2.75, 3.05) is 0 Å². The van der Waals surface area contributed by atoms with Crippen molar-refractivity contribution in [3.63, 3.8) is 0 Å². The second kappa shape index (κ2) is 6.73. The molecule has 4 rings (SSSR count). The van der Waals surface area contributed by atoms with Crippen molar-refractivity contribution in [1.29, 1.82) is 0 Å². The van der Waals surface area contributed by atoms with Crippen LogP contribution in [0.25, 0.3) is 33.3 Å². The van der Waals surface area contributed by atoms with Crippen molar-refractivity contribution >= 4 is 23.3 Å². The summed E-state index contributed by atoms with van der Waals surface area (Å²) >= 11 is 0. The molecule has 0 radical (unpaired) electrons. The molecule has 1 N–H and O–H groups in total. The lowest BCUT2D eigenvalue weighted by Gasteiger charge is -2.13. The molecule has 0 saturated carbocycles. The maximum absolute atomic E-state index is 10.9. The van der Waals surface area contributed by atoms with Gasteiger partial charge in [0.05, 0.1) is 5.52 Å². The highest BCUT2D eigenvalue weighted by Gasteiger charge is 2.16. The first-order chi connectivity index (χ1) is 11.3. The minimum absolute atomic E-state index is 0. The molecule has 1 heterocycles. The summed E-state index contributed by atoms with van der Waals surface area (Å²) in [5.41, 5.74) is 4.22. The minimum atomic E-state index is 0. The third kappa shape index (κ3) is 2.72. The highest BCUT2D eigenvalue weighted by Crippen LogP contribution is 2.41. The van der Waals surface area contributed by atoms with E-state index < -0.39 is 0 Å². The minimum Gasteiger partial charge on any atom is -0.505 e. The molecule has 0 unspecified atom stereocenters. The maximum atomic E-state index is 10.9. The lowest BCUT2D eigenvalue weighted by Crippen LogP contribution is -1.91. The summed E-state index contributed by atoms with van der Waals surface area (Å²) in [6.07, 6.45) is 0. The molecule has 3 aromatic carbocycles. The Kier molecular flexibility index (Phi) is 4.50. The van der Waals surface area contributed by atoms with Crippen LogP contribution in [0, 0.1) is 0 Å². The van der Waals surface area contributed by atoms with Crippen molar-refractivity contribution in [3.8, 4) is 28.1 Å². The van der Waals surface area contributed by atoms with E-state index in [-0.39, 0.29) is 18.2 Å². The number of nitrogens with zero attached hydrogens (tertiary/aromatic N) is 1. The van der Waals surface area contributed by atoms with E-state index in [2.05, 4.69) is 4.98 Å². The van der Waals surface area contributed by atoms with Crippen molar-refractivity contribution in [2.45, 2.75) is 0 Å². The highest BCUT2D eigenvalue weighted by molar-refractivity contribution is 6.00. The van der Waals surface area contributed by atoms with Crippen molar-refractivity contribution < 1.29 is 5.11 Å². The Balaban J connectivity index is 0.00000169. The molecule has 0 bridgehead atoms. The Hall–Kier alpha value is -2.84. The van der Waals surface area contributed by atoms with E-state index in [1.54, 1.807) is 0 Å². The summed E-state index contributed by atoms with van der Waals surface area (Å²) in [6.45, 7) is 0. The third-order valence-electron chi connectivity index (χ3n) is 3.98. The molecular formula is C21H16ClNO. The monoisotopic (exact) mass is 333 g/mol. The molecule has 118 valence electrons. The van der Waals surface area contributed by atoms with Crippen LogP contribution in [0.3, 0.4) is 0 Å². The highest BCUT2D eigenvalue weighted by atomic mass is 35.5. The Bertz CT molecular complexity index is 969. The van der Waals surface area contributed by atoms with Crippen LogP contribution in [0.2, 0.25) is 0 Å². The van der Waals surface area contributed by atoms with Gasteiger partial charge in [-0.2, -0.15) is 0 Å². The number of aromatic nitrogens is 1. The summed E-state index contributed by atoms with van der Waals surface area (Å²) in [6, 6.07) is 27.7. The van der Waals surface area contributed by atoms with Gasteiger partial charge in [-0.1, -0.05) is 78.9 Å². The number of aromatic hydroxyl groups is 1. The summed E-state index contributed by atoms with van der Waals surface area (Å²) in [5, 5.41) is 11.9. The van der Waals surface area contributed by atoms with Gasteiger partial charge in [0.2, 0.25) is 0 Å². The molecule has 0 aliphatic rings. The van der Waals surface area contributed by atoms with E-state index in [0.29, 0.717) is 5.69 Å². The molecule has 0 aliphatic carbocycles. The Morgan fingerprint density at radius 2 is 1.17 bits per heavy atom. The summed E-state index contributed by atoms with van der Waals surface area (Å²) in [5.74, 6) is 0.223. The van der Waals surface area contributed by atoms with Gasteiger partial charge in [0.25, 0.3) is 0 Å². The van der Waals surface area contributed by atoms with Crippen molar-refractivity contribution in [3.05, 3.63) is 84.9 Å². The van der Waals surface area contributed by atoms with Crippen LogP contribution >= 0.6 is 12.4 Å². The van der Waals surface area contributed by atoms with Crippen LogP contribution in [0.4, 0.5) is 0 Å². The number of halogens is 1. The average Bonchev–Trinajstić information content (AvgIpc) is 2.63. The molecular weight excluding hydrogens is 318 g/mol. The van der Waals surface area contributed by atoms with E-state index in [9.17, 15) is 5.11 Å². The average molecular weight is 334 g/mol. The predicted octanol–water partition coefficient (Wildman–Crippen LogP) is 5.70. The second-order valence-corrected chi connectivity index (χ2v) is 5.43. The zero-order valence-electron chi connectivity index (χ0n) is 12.9. The SMILES string of the molecule is Cl.Oc1c(-c2ccccc2)nc2ccccc2c1-c1ccccc1. The zero-order valence-corrected chi connectivity index (χ0v) is 13.7. The van der Waals surface area contributed by atoms with E-state index in [1.165, 1.54) is 0 Å². The molecule has 0 aliphatic heterocycles. The fourth-order valence-corrected chi connectivity index (χ4v) is 2.90. The second-order valence-electron chi connectivity index (χ2n) is 5.43. The zero-order chi connectivity index (χ0) is 15.6. The van der Waals surface area contributed by atoms with Gasteiger partial charge in [0.1, 0.15) is 11.4 Å². The van der Waals surface area contributed by atoms with E-state index in [1.807, 2.05) is 84.9 Å². The van der Waals surface area contributed by atoms with Gasteiger partial charge >= 0.3 is 0 Å². The number of hydrogen-bond donors (Lipinski definition) is 1. The summed E-state index contributed by atoms with van der Waals surface area (Å²) in [4.78, 5) is 4.68. The van der Waals surface area contributed by atoms with Crippen molar-refractivity contribution in [1.82, 2.24) is 4.98 Å². The molecule has 0 fully saturated rings. The molecule has 24 heavy (non-hydrogen) atoms. The standard InChI is InChI=1S/C21H15NO.ClH/c23-21-19(15-9-3-1-4-10-15)17-13-7-8-14-18(17)22-20(21)16-11-5-2-6-12-16;/h1-14,23H;1H. The maximum Gasteiger partial charge on any atom is 0.150 e. The Morgan fingerprint density at radius 1 is 0.625 bits per heavy atom. The fraction of sp³-hybridized carbons (Fsp3) is 0. The normalized spacial score (nSPS) is 10.3. The van der Waals surface area contributed by atoms with Crippen LogP contribution in [-0.2, 0) is 0 Å². The van der Waals surface area contributed by atoms with Crippen LogP contribution in [0.1, 0.15) is 0 Å². The number of pyridine rings is 1. The number of benzene rings is 3.